The van der Waals surface area contributed by atoms with Crippen LogP contribution in [0.4, 0.5) is 0 Å². The van der Waals surface area contributed by atoms with Gasteiger partial charge in [-0.2, -0.15) is 0 Å². The van der Waals surface area contributed by atoms with E-state index >= 15 is 0 Å². The Hall–Kier alpha value is -0.570. The summed E-state index contributed by atoms with van der Waals surface area (Å²) in [4.78, 5) is 14.1. The number of aliphatic hydroxyl groups is 1. The van der Waals surface area contributed by atoms with E-state index in [1.54, 1.807) is 19.1 Å². The third kappa shape index (κ3) is 5.61. The van der Waals surface area contributed by atoms with Gasteiger partial charge in [0.1, 0.15) is 5.75 Å². The van der Waals surface area contributed by atoms with Crippen molar-refractivity contribution in [2.45, 2.75) is 12.5 Å². The van der Waals surface area contributed by atoms with Crippen molar-refractivity contribution in [3.05, 3.63) is 26.3 Å². The fourth-order valence-electron chi connectivity index (χ4n) is 1.98. The van der Waals surface area contributed by atoms with Crippen molar-refractivity contribution in [2.24, 2.45) is 0 Å². The molecule has 0 saturated heterocycles. The van der Waals surface area contributed by atoms with Crippen molar-refractivity contribution in [3.63, 3.8) is 0 Å². The number of halogens is 2. The molecule has 1 amide bonds. The van der Waals surface area contributed by atoms with E-state index in [2.05, 4.69) is 27.9 Å². The molecule has 0 fully saturated rings. The van der Waals surface area contributed by atoms with E-state index in [1.807, 2.05) is 19.0 Å². The normalized spacial score (nSPS) is 13.9. The first-order chi connectivity index (χ1) is 9.66. The molecule has 1 unspecified atom stereocenters. The third-order valence-electron chi connectivity index (χ3n) is 2.77. The van der Waals surface area contributed by atoms with Crippen LogP contribution in [0.5, 0.6) is 5.75 Å². The standard InChI is InChI=1S/C14H20ClIN2O3/c1-14(20,8-18(2)3)7-17-13(19)9-5-10(15)11(16)6-12(9)21-4/h5-6,20H,7-8H2,1-4H3,(H,17,19). The minimum atomic E-state index is -1.01. The lowest BCUT2D eigenvalue weighted by molar-refractivity contribution is 0.0325. The van der Waals surface area contributed by atoms with Crippen LogP contribution in [-0.4, -0.2) is 55.8 Å². The minimum Gasteiger partial charge on any atom is -0.496 e. The maximum Gasteiger partial charge on any atom is 0.255 e. The number of hydrogen-bond acceptors (Lipinski definition) is 4. The van der Waals surface area contributed by atoms with Gasteiger partial charge >= 0.3 is 0 Å². The second-order valence-corrected chi connectivity index (χ2v) is 6.95. The van der Waals surface area contributed by atoms with Crippen molar-refractivity contribution < 1.29 is 14.6 Å². The number of carbonyl (C=O) groups is 1. The molecule has 1 aromatic carbocycles. The highest BCUT2D eigenvalue weighted by Crippen LogP contribution is 2.28. The van der Waals surface area contributed by atoms with Gasteiger partial charge in [0.25, 0.3) is 5.91 Å². The van der Waals surface area contributed by atoms with Crippen LogP contribution in [0.3, 0.4) is 0 Å². The highest BCUT2D eigenvalue weighted by atomic mass is 127. The van der Waals surface area contributed by atoms with E-state index in [1.165, 1.54) is 7.11 Å². The van der Waals surface area contributed by atoms with Gasteiger partial charge in [-0.05, 0) is 55.7 Å². The van der Waals surface area contributed by atoms with Gasteiger partial charge in [-0.3, -0.25) is 4.79 Å². The molecular formula is C14H20ClIN2O3. The van der Waals surface area contributed by atoms with Crippen LogP contribution in [0.15, 0.2) is 12.1 Å². The van der Waals surface area contributed by atoms with Crippen molar-refractivity contribution in [3.8, 4) is 5.75 Å². The molecule has 0 aliphatic rings. The average molecular weight is 427 g/mol. The molecule has 0 spiro atoms. The number of nitrogens with zero attached hydrogens (tertiary/aromatic N) is 1. The SMILES string of the molecule is COc1cc(I)c(Cl)cc1C(=O)NCC(C)(O)CN(C)C. The van der Waals surface area contributed by atoms with Crippen molar-refractivity contribution in [1.29, 1.82) is 0 Å². The number of benzene rings is 1. The first-order valence-electron chi connectivity index (χ1n) is 6.34. The molecule has 0 aromatic heterocycles. The second-order valence-electron chi connectivity index (χ2n) is 5.38. The summed E-state index contributed by atoms with van der Waals surface area (Å²) in [5, 5.41) is 13.4. The van der Waals surface area contributed by atoms with Gasteiger partial charge < -0.3 is 20.1 Å². The van der Waals surface area contributed by atoms with Crippen LogP contribution in [0.2, 0.25) is 5.02 Å². The molecule has 0 aliphatic carbocycles. The summed E-state index contributed by atoms with van der Waals surface area (Å²) >= 11 is 8.12. The molecule has 0 bridgehead atoms. The highest BCUT2D eigenvalue weighted by molar-refractivity contribution is 14.1. The number of carbonyl (C=O) groups excluding carboxylic acids is 1. The summed E-state index contributed by atoms with van der Waals surface area (Å²) in [5.41, 5.74) is -0.664. The summed E-state index contributed by atoms with van der Waals surface area (Å²) in [7, 11) is 5.22. The van der Waals surface area contributed by atoms with Gasteiger partial charge in [0.15, 0.2) is 0 Å². The molecule has 118 valence electrons. The van der Waals surface area contributed by atoms with Crippen LogP contribution >= 0.6 is 34.2 Å². The maximum absolute atomic E-state index is 12.2. The van der Waals surface area contributed by atoms with Crippen LogP contribution in [0.25, 0.3) is 0 Å². The Morgan fingerprint density at radius 3 is 2.67 bits per heavy atom. The summed E-state index contributed by atoms with van der Waals surface area (Å²) in [6, 6.07) is 3.27. The van der Waals surface area contributed by atoms with Crippen LogP contribution in [0, 0.1) is 3.57 Å². The number of likely N-dealkylation sites (N-methyl/N-ethyl adjacent to an activating group) is 1. The Kier molecular flexibility index (Phi) is 6.71. The van der Waals surface area contributed by atoms with Gasteiger partial charge in [0.2, 0.25) is 0 Å². The second kappa shape index (κ2) is 7.62. The summed E-state index contributed by atoms with van der Waals surface area (Å²) < 4.78 is 6.01. The number of amides is 1. The van der Waals surface area contributed by atoms with Crippen molar-refractivity contribution in [1.82, 2.24) is 10.2 Å². The molecule has 2 N–H and O–H groups in total. The van der Waals surface area contributed by atoms with Gasteiger partial charge in [-0.15, -0.1) is 0 Å². The Morgan fingerprint density at radius 1 is 1.52 bits per heavy atom. The molecular weight excluding hydrogens is 407 g/mol. The highest BCUT2D eigenvalue weighted by Gasteiger charge is 2.23. The minimum absolute atomic E-state index is 0.136. The summed E-state index contributed by atoms with van der Waals surface area (Å²) in [6.07, 6.45) is 0. The molecule has 0 aliphatic heterocycles. The lowest BCUT2D eigenvalue weighted by atomic mass is 10.1. The predicted octanol–water partition coefficient (Wildman–Crippen LogP) is 2.00. The third-order valence-corrected chi connectivity index (χ3v) is 4.30. The van der Waals surface area contributed by atoms with Gasteiger partial charge in [0.05, 0.1) is 23.3 Å². The largest absolute Gasteiger partial charge is 0.496 e. The number of nitrogens with one attached hydrogen (secondary N) is 1. The quantitative estimate of drug-likeness (QED) is 0.683. The lowest BCUT2D eigenvalue weighted by Gasteiger charge is -2.27. The smallest absolute Gasteiger partial charge is 0.255 e. The molecule has 1 aromatic rings. The predicted molar refractivity (Wildman–Crippen MR) is 92.2 cm³/mol. The average Bonchev–Trinajstić information content (AvgIpc) is 2.37. The van der Waals surface area contributed by atoms with Crippen LogP contribution < -0.4 is 10.1 Å². The molecule has 7 heteroatoms. The molecule has 1 rings (SSSR count). The zero-order valence-electron chi connectivity index (χ0n) is 12.5. The Morgan fingerprint density at radius 2 is 2.14 bits per heavy atom. The fourth-order valence-corrected chi connectivity index (χ4v) is 2.58. The van der Waals surface area contributed by atoms with Crippen LogP contribution in [-0.2, 0) is 0 Å². The molecule has 5 nitrogen and oxygen atoms in total. The number of rotatable bonds is 6. The Balaban J connectivity index is 2.83. The Labute approximate surface area is 143 Å². The lowest BCUT2D eigenvalue weighted by Crippen LogP contribution is -2.47. The topological polar surface area (TPSA) is 61.8 Å². The van der Waals surface area contributed by atoms with Crippen molar-refractivity contribution in [2.75, 3.05) is 34.3 Å². The zero-order valence-corrected chi connectivity index (χ0v) is 15.4. The fraction of sp³-hybridized carbons (Fsp3) is 0.500. The van der Waals surface area contributed by atoms with E-state index in [9.17, 15) is 9.90 Å². The molecule has 0 radical (unpaired) electrons. The Bertz CT molecular complexity index is 521. The number of methoxy groups -OCH3 is 1. The first kappa shape index (κ1) is 18.5. The molecule has 1 atom stereocenters. The van der Waals surface area contributed by atoms with E-state index in [-0.39, 0.29) is 12.5 Å². The van der Waals surface area contributed by atoms with Gasteiger partial charge in [0, 0.05) is 16.7 Å². The van der Waals surface area contributed by atoms with E-state index < -0.39 is 5.60 Å². The molecule has 21 heavy (non-hydrogen) atoms. The summed E-state index contributed by atoms with van der Waals surface area (Å²) in [6.45, 7) is 2.25. The van der Waals surface area contributed by atoms with Crippen LogP contribution in [0.1, 0.15) is 17.3 Å². The van der Waals surface area contributed by atoms with Gasteiger partial charge in [-0.1, -0.05) is 11.6 Å². The molecule has 0 heterocycles. The molecule has 0 saturated carbocycles. The monoisotopic (exact) mass is 426 g/mol. The van der Waals surface area contributed by atoms with Crippen molar-refractivity contribution >= 4 is 40.1 Å². The maximum atomic E-state index is 12.2. The zero-order chi connectivity index (χ0) is 16.2. The first-order valence-corrected chi connectivity index (χ1v) is 7.80. The van der Waals surface area contributed by atoms with Gasteiger partial charge in [-0.25, -0.2) is 0 Å². The van der Waals surface area contributed by atoms with E-state index in [4.69, 9.17) is 16.3 Å². The number of ether oxygens (including phenoxy) is 1. The summed E-state index contributed by atoms with van der Waals surface area (Å²) in [5.74, 6) is 0.123. The number of hydrogen-bond donors (Lipinski definition) is 2. The van der Waals surface area contributed by atoms with E-state index in [0.29, 0.717) is 22.9 Å². The van der Waals surface area contributed by atoms with E-state index in [0.717, 1.165) is 3.57 Å².